The van der Waals surface area contributed by atoms with E-state index in [2.05, 4.69) is 0 Å². The van der Waals surface area contributed by atoms with Crippen molar-refractivity contribution in [3.8, 4) is 0 Å². The van der Waals surface area contributed by atoms with Gasteiger partial charge in [0.1, 0.15) is 6.61 Å². The number of hydrogen-bond donors (Lipinski definition) is 1. The maximum absolute atomic E-state index is 11.3. The second-order valence-corrected chi connectivity index (χ2v) is 3.95. The number of ether oxygens (including phenoxy) is 1. The third-order valence-electron chi connectivity index (χ3n) is 2.59. The van der Waals surface area contributed by atoms with Crippen molar-refractivity contribution in [3.63, 3.8) is 0 Å². The first-order chi connectivity index (χ1) is 8.65. The van der Waals surface area contributed by atoms with Crippen molar-refractivity contribution in [1.82, 2.24) is 4.90 Å². The molecule has 0 unspecified atom stereocenters. The minimum Gasteiger partial charge on any atom is -0.478 e. The number of aliphatic carboxylic acids is 1. The van der Waals surface area contributed by atoms with Crippen molar-refractivity contribution < 1.29 is 19.4 Å². The molecule has 2 rings (SSSR count). The standard InChI is InChI=1S/C13H13NO4/c15-12(16)5-4-10-2-1-3-11(8-10)9-14-6-7-18-13(14)17/h1-5,8H,6-7,9H2,(H,15,16). The summed E-state index contributed by atoms with van der Waals surface area (Å²) in [6.07, 6.45) is 2.30. The topological polar surface area (TPSA) is 66.8 Å². The smallest absolute Gasteiger partial charge is 0.410 e. The van der Waals surface area contributed by atoms with Gasteiger partial charge < -0.3 is 14.7 Å². The lowest BCUT2D eigenvalue weighted by Gasteiger charge is -2.12. The highest BCUT2D eigenvalue weighted by molar-refractivity contribution is 5.85. The molecule has 1 aromatic carbocycles. The van der Waals surface area contributed by atoms with Gasteiger partial charge in [0.25, 0.3) is 0 Å². The van der Waals surface area contributed by atoms with Crippen LogP contribution in [0.5, 0.6) is 0 Å². The zero-order valence-electron chi connectivity index (χ0n) is 9.70. The molecule has 1 saturated heterocycles. The average Bonchev–Trinajstić information content (AvgIpc) is 2.73. The molecule has 0 aliphatic carbocycles. The minimum atomic E-state index is -0.983. The van der Waals surface area contributed by atoms with Crippen molar-refractivity contribution in [2.75, 3.05) is 13.2 Å². The number of benzene rings is 1. The van der Waals surface area contributed by atoms with E-state index in [1.165, 1.54) is 6.08 Å². The highest BCUT2D eigenvalue weighted by Crippen LogP contribution is 2.13. The Bertz CT molecular complexity index is 496. The number of cyclic esters (lactones) is 1. The number of hydrogen-bond acceptors (Lipinski definition) is 3. The van der Waals surface area contributed by atoms with Gasteiger partial charge in [0.15, 0.2) is 0 Å². The fraction of sp³-hybridized carbons (Fsp3) is 0.231. The summed E-state index contributed by atoms with van der Waals surface area (Å²) in [5.74, 6) is -0.983. The molecule has 0 bridgehead atoms. The second kappa shape index (κ2) is 5.35. The SMILES string of the molecule is O=C(O)C=Cc1cccc(CN2CCOC2=O)c1. The quantitative estimate of drug-likeness (QED) is 0.823. The van der Waals surface area contributed by atoms with Gasteiger partial charge in [0.05, 0.1) is 6.54 Å². The van der Waals surface area contributed by atoms with Crippen LogP contribution in [-0.2, 0) is 16.1 Å². The Hall–Kier alpha value is -2.30. The van der Waals surface area contributed by atoms with E-state index in [0.29, 0.717) is 19.7 Å². The first-order valence-electron chi connectivity index (χ1n) is 5.57. The third-order valence-corrected chi connectivity index (χ3v) is 2.59. The summed E-state index contributed by atoms with van der Waals surface area (Å²) < 4.78 is 4.84. The molecule has 1 amide bonds. The predicted octanol–water partition coefficient (Wildman–Crippen LogP) is 1.74. The average molecular weight is 247 g/mol. The molecule has 94 valence electrons. The first kappa shape index (κ1) is 12.2. The Balaban J connectivity index is 2.07. The zero-order valence-corrected chi connectivity index (χ0v) is 9.70. The van der Waals surface area contributed by atoms with E-state index in [4.69, 9.17) is 9.84 Å². The molecule has 1 aromatic rings. The summed E-state index contributed by atoms with van der Waals surface area (Å²) >= 11 is 0. The molecule has 18 heavy (non-hydrogen) atoms. The van der Waals surface area contributed by atoms with Crippen LogP contribution in [0.25, 0.3) is 6.08 Å². The van der Waals surface area contributed by atoms with Gasteiger partial charge in [-0.1, -0.05) is 18.2 Å². The Morgan fingerprint density at radius 1 is 1.50 bits per heavy atom. The van der Waals surface area contributed by atoms with Crippen molar-refractivity contribution in [2.45, 2.75) is 6.54 Å². The molecule has 5 nitrogen and oxygen atoms in total. The van der Waals surface area contributed by atoms with E-state index in [9.17, 15) is 9.59 Å². The van der Waals surface area contributed by atoms with Gasteiger partial charge >= 0.3 is 12.1 Å². The van der Waals surface area contributed by atoms with Gasteiger partial charge in [-0.15, -0.1) is 0 Å². The molecular formula is C13H13NO4. The van der Waals surface area contributed by atoms with Crippen LogP contribution in [0, 0.1) is 0 Å². The van der Waals surface area contributed by atoms with E-state index in [1.54, 1.807) is 4.90 Å². The van der Waals surface area contributed by atoms with Crippen molar-refractivity contribution in [2.24, 2.45) is 0 Å². The van der Waals surface area contributed by atoms with Crippen LogP contribution >= 0.6 is 0 Å². The van der Waals surface area contributed by atoms with Gasteiger partial charge in [-0.05, 0) is 23.3 Å². The fourth-order valence-corrected chi connectivity index (χ4v) is 1.75. The van der Waals surface area contributed by atoms with Crippen molar-refractivity contribution in [3.05, 3.63) is 41.5 Å². The molecule has 0 saturated carbocycles. The summed E-state index contributed by atoms with van der Waals surface area (Å²) in [6.45, 7) is 1.50. The van der Waals surface area contributed by atoms with Crippen LogP contribution in [0.3, 0.4) is 0 Å². The molecular weight excluding hydrogens is 234 g/mol. The van der Waals surface area contributed by atoms with E-state index in [1.807, 2.05) is 24.3 Å². The van der Waals surface area contributed by atoms with Crippen molar-refractivity contribution in [1.29, 1.82) is 0 Å². The van der Waals surface area contributed by atoms with Crippen LogP contribution in [0.15, 0.2) is 30.3 Å². The lowest BCUT2D eigenvalue weighted by molar-refractivity contribution is -0.131. The summed E-state index contributed by atoms with van der Waals surface area (Å²) in [6, 6.07) is 7.39. The molecule has 0 aromatic heterocycles. The highest BCUT2D eigenvalue weighted by atomic mass is 16.6. The molecule has 5 heteroatoms. The molecule has 1 N–H and O–H groups in total. The lowest BCUT2D eigenvalue weighted by atomic mass is 10.1. The van der Waals surface area contributed by atoms with Gasteiger partial charge in [-0.25, -0.2) is 9.59 Å². The number of carboxylic acid groups (broad SMARTS) is 1. The van der Waals surface area contributed by atoms with Crippen LogP contribution in [-0.4, -0.2) is 35.2 Å². The third kappa shape index (κ3) is 3.10. The summed E-state index contributed by atoms with van der Waals surface area (Å²) in [4.78, 5) is 23.3. The maximum atomic E-state index is 11.3. The minimum absolute atomic E-state index is 0.304. The summed E-state index contributed by atoms with van der Waals surface area (Å²) in [5, 5.41) is 8.55. The van der Waals surface area contributed by atoms with Gasteiger partial charge in [-0.2, -0.15) is 0 Å². The molecule has 0 radical (unpaired) electrons. The largest absolute Gasteiger partial charge is 0.478 e. The van der Waals surface area contributed by atoms with E-state index in [-0.39, 0.29) is 6.09 Å². The van der Waals surface area contributed by atoms with Crippen LogP contribution in [0.4, 0.5) is 4.79 Å². The molecule has 1 aliphatic rings. The molecule has 1 heterocycles. The molecule has 1 aliphatic heterocycles. The van der Waals surface area contributed by atoms with Crippen LogP contribution < -0.4 is 0 Å². The fourth-order valence-electron chi connectivity index (χ4n) is 1.75. The van der Waals surface area contributed by atoms with E-state index < -0.39 is 5.97 Å². The molecule has 0 atom stereocenters. The number of carboxylic acids is 1. The summed E-state index contributed by atoms with van der Waals surface area (Å²) in [7, 11) is 0. The predicted molar refractivity (Wildman–Crippen MR) is 64.9 cm³/mol. The number of nitrogens with zero attached hydrogens (tertiary/aromatic N) is 1. The monoisotopic (exact) mass is 247 g/mol. The van der Waals surface area contributed by atoms with Gasteiger partial charge in [0.2, 0.25) is 0 Å². The Morgan fingerprint density at radius 3 is 3.00 bits per heavy atom. The van der Waals surface area contributed by atoms with Gasteiger partial charge in [-0.3, -0.25) is 0 Å². The zero-order chi connectivity index (χ0) is 13.0. The highest BCUT2D eigenvalue weighted by Gasteiger charge is 2.21. The number of rotatable bonds is 4. The maximum Gasteiger partial charge on any atom is 0.410 e. The number of amides is 1. The Labute approximate surface area is 104 Å². The first-order valence-corrected chi connectivity index (χ1v) is 5.57. The molecule has 0 spiro atoms. The van der Waals surface area contributed by atoms with E-state index >= 15 is 0 Å². The Kier molecular flexibility index (Phi) is 3.62. The van der Waals surface area contributed by atoms with Crippen molar-refractivity contribution >= 4 is 18.1 Å². The summed E-state index contributed by atoms with van der Waals surface area (Å²) in [5.41, 5.74) is 1.74. The van der Waals surface area contributed by atoms with Crippen LogP contribution in [0.1, 0.15) is 11.1 Å². The number of carbonyl (C=O) groups is 2. The number of carbonyl (C=O) groups excluding carboxylic acids is 1. The lowest BCUT2D eigenvalue weighted by Crippen LogP contribution is -2.23. The normalized spacial score (nSPS) is 15.1. The molecule has 1 fully saturated rings. The van der Waals surface area contributed by atoms with Crippen LogP contribution in [0.2, 0.25) is 0 Å². The Morgan fingerprint density at radius 2 is 2.33 bits per heavy atom. The second-order valence-electron chi connectivity index (χ2n) is 3.95. The van der Waals surface area contributed by atoms with E-state index in [0.717, 1.165) is 17.2 Å². The van der Waals surface area contributed by atoms with Gasteiger partial charge in [0, 0.05) is 12.6 Å².